The molecule has 0 unspecified atom stereocenters. The minimum absolute atomic E-state index is 0.0253. The van der Waals surface area contributed by atoms with E-state index in [4.69, 9.17) is 4.84 Å². The molecule has 1 N–H and O–H groups in total. The highest BCUT2D eigenvalue weighted by Crippen LogP contribution is 2.36. The van der Waals surface area contributed by atoms with E-state index in [1.807, 2.05) is 62.9 Å². The van der Waals surface area contributed by atoms with Gasteiger partial charge in [0, 0.05) is 18.0 Å². The summed E-state index contributed by atoms with van der Waals surface area (Å²) in [6.45, 7) is 10.2. The number of hydrogen-bond donors (Lipinski definition) is 1. The molecule has 0 spiro atoms. The zero-order valence-electron chi connectivity index (χ0n) is 16.1. The molecule has 1 heterocycles. The summed E-state index contributed by atoms with van der Waals surface area (Å²) in [5, 5.41) is 11.5. The van der Waals surface area contributed by atoms with Crippen LogP contribution >= 0.6 is 0 Å². The van der Waals surface area contributed by atoms with Gasteiger partial charge in [-0.25, -0.2) is 5.06 Å². The van der Waals surface area contributed by atoms with Gasteiger partial charge in [0.05, 0.1) is 12.3 Å². The Balaban J connectivity index is 2.42. The molecule has 0 aliphatic carbocycles. The smallest absolute Gasteiger partial charge is 0.248 e. The molecule has 1 aromatic carbocycles. The first-order chi connectivity index (χ1) is 11.9. The topological polar surface area (TPSA) is 53.0 Å². The van der Waals surface area contributed by atoms with Crippen molar-refractivity contribution >= 4 is 11.6 Å². The Morgan fingerprint density at radius 3 is 2.28 bits per heavy atom. The van der Waals surface area contributed by atoms with Gasteiger partial charge < -0.3 is 10.0 Å². The Kier molecular flexibility index (Phi) is 6.85. The third-order valence-electron chi connectivity index (χ3n) is 4.82. The highest BCUT2D eigenvalue weighted by atomic mass is 16.7. The Morgan fingerprint density at radius 2 is 1.80 bits per heavy atom. The SMILES string of the molecule is CCC[C@H]1[C@H](CO)ON(c2ccccc2)[C@@H]1C(=O)N(C(C)C)C(C)C. The quantitative estimate of drug-likeness (QED) is 0.822. The normalized spacial score (nSPS) is 23.5. The molecule has 140 valence electrons. The number of nitrogens with zero attached hydrogens (tertiary/aromatic N) is 2. The van der Waals surface area contributed by atoms with Crippen molar-refractivity contribution in [2.45, 2.75) is 71.7 Å². The van der Waals surface area contributed by atoms with E-state index in [9.17, 15) is 9.90 Å². The number of para-hydroxylation sites is 1. The molecule has 1 fully saturated rings. The molecule has 3 atom stereocenters. The van der Waals surface area contributed by atoms with Crippen molar-refractivity contribution in [3.63, 3.8) is 0 Å². The first-order valence-electron chi connectivity index (χ1n) is 9.36. The second-order valence-corrected chi connectivity index (χ2v) is 7.32. The monoisotopic (exact) mass is 348 g/mol. The van der Waals surface area contributed by atoms with Crippen molar-refractivity contribution in [2.24, 2.45) is 5.92 Å². The number of rotatable bonds is 7. The fraction of sp³-hybridized carbons (Fsp3) is 0.650. The first kappa shape index (κ1) is 19.7. The minimum Gasteiger partial charge on any atom is -0.394 e. The molecule has 1 aromatic rings. The fourth-order valence-corrected chi connectivity index (χ4v) is 3.85. The number of carbonyl (C=O) groups excluding carboxylic acids is 1. The molecule has 0 bridgehead atoms. The second-order valence-electron chi connectivity index (χ2n) is 7.32. The lowest BCUT2D eigenvalue weighted by Gasteiger charge is -2.36. The number of amides is 1. The van der Waals surface area contributed by atoms with Crippen LogP contribution in [0.25, 0.3) is 0 Å². The number of anilines is 1. The van der Waals surface area contributed by atoms with Gasteiger partial charge in [0.2, 0.25) is 5.91 Å². The van der Waals surface area contributed by atoms with E-state index in [1.54, 1.807) is 5.06 Å². The third-order valence-corrected chi connectivity index (χ3v) is 4.82. The summed E-state index contributed by atoms with van der Waals surface area (Å²) < 4.78 is 0. The lowest BCUT2D eigenvalue weighted by Crippen LogP contribution is -2.53. The van der Waals surface area contributed by atoms with Crippen molar-refractivity contribution in [2.75, 3.05) is 11.7 Å². The molecule has 0 aromatic heterocycles. The third kappa shape index (κ3) is 4.15. The van der Waals surface area contributed by atoms with Crippen molar-refractivity contribution in [3.05, 3.63) is 30.3 Å². The molecule has 1 saturated heterocycles. The van der Waals surface area contributed by atoms with Crippen LogP contribution in [0.15, 0.2) is 30.3 Å². The summed E-state index contributed by atoms with van der Waals surface area (Å²) in [6.07, 6.45) is 1.44. The summed E-state index contributed by atoms with van der Waals surface area (Å²) >= 11 is 0. The molecule has 1 amide bonds. The van der Waals surface area contributed by atoms with Gasteiger partial charge in [-0.2, -0.15) is 0 Å². The van der Waals surface area contributed by atoms with Crippen LogP contribution in [0, 0.1) is 5.92 Å². The molecule has 1 aliphatic rings. The number of aliphatic hydroxyl groups is 1. The molecule has 0 saturated carbocycles. The molecule has 1 aliphatic heterocycles. The summed E-state index contributed by atoms with van der Waals surface area (Å²) in [6, 6.07) is 9.51. The van der Waals surface area contributed by atoms with Crippen LogP contribution < -0.4 is 5.06 Å². The van der Waals surface area contributed by atoms with Crippen molar-refractivity contribution in [1.29, 1.82) is 0 Å². The van der Waals surface area contributed by atoms with Crippen molar-refractivity contribution in [3.8, 4) is 0 Å². The Hall–Kier alpha value is -1.59. The van der Waals surface area contributed by atoms with Crippen LogP contribution in [0.4, 0.5) is 5.69 Å². The standard InChI is InChI=1S/C20H32N2O3/c1-6-10-17-18(13-23)25-22(16-11-8-7-9-12-16)19(17)20(24)21(14(2)3)15(4)5/h7-9,11-12,14-15,17-19,23H,6,10,13H2,1-5H3/t17-,18-,19-/m0/s1. The number of hydroxylamine groups is 1. The number of hydrogen-bond acceptors (Lipinski definition) is 4. The average Bonchev–Trinajstić information content (AvgIpc) is 2.94. The zero-order valence-corrected chi connectivity index (χ0v) is 16.1. The molecule has 0 radical (unpaired) electrons. The molecule has 5 nitrogen and oxygen atoms in total. The zero-order chi connectivity index (χ0) is 18.6. The summed E-state index contributed by atoms with van der Waals surface area (Å²) in [5.74, 6) is 0.0472. The lowest BCUT2D eigenvalue weighted by molar-refractivity contribution is -0.137. The van der Waals surface area contributed by atoms with Gasteiger partial charge >= 0.3 is 0 Å². The molecule has 2 rings (SSSR count). The van der Waals surface area contributed by atoms with E-state index in [0.717, 1.165) is 18.5 Å². The van der Waals surface area contributed by atoms with Gasteiger partial charge in [0.25, 0.3) is 0 Å². The van der Waals surface area contributed by atoms with Gasteiger partial charge in [0.15, 0.2) is 0 Å². The van der Waals surface area contributed by atoms with Crippen molar-refractivity contribution < 1.29 is 14.7 Å². The van der Waals surface area contributed by atoms with Gasteiger partial charge in [-0.1, -0.05) is 31.5 Å². The van der Waals surface area contributed by atoms with E-state index in [1.165, 1.54) is 0 Å². The maximum atomic E-state index is 13.5. The number of carbonyl (C=O) groups is 1. The highest BCUT2D eigenvalue weighted by molar-refractivity contribution is 5.86. The van der Waals surface area contributed by atoms with Crippen LogP contribution in [0.5, 0.6) is 0 Å². The molecule has 5 heteroatoms. The molecule has 25 heavy (non-hydrogen) atoms. The average molecular weight is 348 g/mol. The van der Waals surface area contributed by atoms with E-state index < -0.39 is 6.04 Å². The van der Waals surface area contributed by atoms with E-state index in [0.29, 0.717) is 0 Å². The van der Waals surface area contributed by atoms with Crippen LogP contribution in [0.1, 0.15) is 47.5 Å². The maximum absolute atomic E-state index is 13.5. The summed E-state index contributed by atoms with van der Waals surface area (Å²) in [5.41, 5.74) is 0.852. The van der Waals surface area contributed by atoms with Gasteiger partial charge in [-0.3, -0.25) is 9.63 Å². The van der Waals surface area contributed by atoms with E-state index in [-0.39, 0.29) is 36.6 Å². The predicted molar refractivity (Wildman–Crippen MR) is 100 cm³/mol. The summed E-state index contributed by atoms with van der Waals surface area (Å²) in [4.78, 5) is 21.4. The van der Waals surface area contributed by atoms with Crippen LogP contribution in [-0.2, 0) is 9.63 Å². The maximum Gasteiger partial charge on any atom is 0.248 e. The summed E-state index contributed by atoms with van der Waals surface area (Å²) in [7, 11) is 0. The van der Waals surface area contributed by atoms with Crippen LogP contribution in [0.3, 0.4) is 0 Å². The van der Waals surface area contributed by atoms with E-state index in [2.05, 4.69) is 6.92 Å². The van der Waals surface area contributed by atoms with E-state index >= 15 is 0 Å². The molecular formula is C20H32N2O3. The van der Waals surface area contributed by atoms with Gasteiger partial charge in [-0.05, 0) is 46.2 Å². The Labute approximate surface area is 151 Å². The Morgan fingerprint density at radius 1 is 1.20 bits per heavy atom. The van der Waals surface area contributed by atoms with Gasteiger partial charge in [-0.15, -0.1) is 0 Å². The number of benzene rings is 1. The lowest BCUT2D eigenvalue weighted by atomic mass is 9.89. The second kappa shape index (κ2) is 8.68. The first-order valence-corrected chi connectivity index (χ1v) is 9.36. The van der Waals surface area contributed by atoms with Gasteiger partial charge in [0.1, 0.15) is 12.1 Å². The minimum atomic E-state index is -0.413. The largest absolute Gasteiger partial charge is 0.394 e. The highest BCUT2D eigenvalue weighted by Gasteiger charge is 2.48. The Bertz CT molecular complexity index is 539. The van der Waals surface area contributed by atoms with Crippen LogP contribution in [-0.4, -0.2) is 46.7 Å². The van der Waals surface area contributed by atoms with Crippen LogP contribution in [0.2, 0.25) is 0 Å². The van der Waals surface area contributed by atoms with Crippen molar-refractivity contribution in [1.82, 2.24) is 4.90 Å². The molecular weight excluding hydrogens is 316 g/mol. The number of aliphatic hydroxyl groups excluding tert-OH is 1. The fourth-order valence-electron chi connectivity index (χ4n) is 3.85. The predicted octanol–water partition coefficient (Wildman–Crippen LogP) is 3.23.